The number of fused-ring (bicyclic) bond motifs is 1. The average molecular weight is 463 g/mol. The van der Waals surface area contributed by atoms with Gasteiger partial charge < -0.3 is 19.9 Å². The van der Waals surface area contributed by atoms with Crippen molar-refractivity contribution in [1.82, 2.24) is 19.4 Å². The second-order valence-corrected chi connectivity index (χ2v) is 8.55. The summed E-state index contributed by atoms with van der Waals surface area (Å²) in [6.07, 6.45) is 1.36. The van der Waals surface area contributed by atoms with Crippen molar-refractivity contribution in [2.45, 2.75) is 13.5 Å². The number of nitrogens with zero attached hydrogens (tertiary/aromatic N) is 5. The maximum absolute atomic E-state index is 12.9. The van der Waals surface area contributed by atoms with Gasteiger partial charge in [0.1, 0.15) is 23.3 Å². The summed E-state index contributed by atoms with van der Waals surface area (Å²) in [6, 6.07) is 4.93. The molecule has 1 aliphatic heterocycles. The van der Waals surface area contributed by atoms with Crippen LogP contribution in [0.2, 0.25) is 5.02 Å². The maximum Gasteiger partial charge on any atom is 0.273 e. The zero-order chi connectivity index (χ0) is 22.0. The molecular formula is C20H23ClN6O3S. The molecule has 0 aliphatic carbocycles. The van der Waals surface area contributed by atoms with Crippen LogP contribution in [-0.2, 0) is 11.3 Å². The maximum atomic E-state index is 12.9. The van der Waals surface area contributed by atoms with Gasteiger partial charge in [-0.3, -0.25) is 14.2 Å². The molecule has 1 aromatic carbocycles. The van der Waals surface area contributed by atoms with Crippen molar-refractivity contribution >= 4 is 50.0 Å². The molecule has 0 atom stereocenters. The number of amides is 1. The van der Waals surface area contributed by atoms with Crippen molar-refractivity contribution in [2.75, 3.05) is 50.1 Å². The number of carbonyl (C=O) groups is 1. The molecule has 1 aliphatic rings. The minimum absolute atomic E-state index is 0.181. The lowest BCUT2D eigenvalue weighted by molar-refractivity contribution is -0.116. The molecular weight excluding hydrogens is 440 g/mol. The summed E-state index contributed by atoms with van der Waals surface area (Å²) in [6.45, 7) is 6.67. The van der Waals surface area contributed by atoms with Crippen LogP contribution >= 0.6 is 22.9 Å². The Morgan fingerprint density at radius 3 is 2.77 bits per heavy atom. The van der Waals surface area contributed by atoms with E-state index in [0.29, 0.717) is 26.8 Å². The highest BCUT2D eigenvalue weighted by molar-refractivity contribution is 7.22. The molecule has 0 unspecified atom stereocenters. The predicted molar refractivity (Wildman–Crippen MR) is 123 cm³/mol. The van der Waals surface area contributed by atoms with Crippen LogP contribution in [0.25, 0.3) is 10.3 Å². The second kappa shape index (κ2) is 9.21. The van der Waals surface area contributed by atoms with Crippen molar-refractivity contribution in [3.05, 3.63) is 39.9 Å². The molecule has 164 valence electrons. The standard InChI is InChI=1S/C20H23ClN6O3S/c1-3-25-6-8-26(9-7-25)20-24-18-17(31-20)19(29)27(12-22-18)11-16(28)23-14-10-13(21)4-5-15(14)30-2/h4-5,10,12H,3,6-9,11H2,1-2H3,(H,23,28). The number of hydrogen-bond acceptors (Lipinski definition) is 8. The fraction of sp³-hybridized carbons (Fsp3) is 0.400. The number of benzene rings is 1. The van der Waals surface area contributed by atoms with Crippen LogP contribution in [0.15, 0.2) is 29.3 Å². The van der Waals surface area contributed by atoms with Crippen molar-refractivity contribution in [3.8, 4) is 5.75 Å². The number of halogens is 1. The molecule has 0 radical (unpaired) electrons. The number of thiazole rings is 1. The van der Waals surface area contributed by atoms with E-state index >= 15 is 0 Å². The van der Waals surface area contributed by atoms with Crippen LogP contribution in [-0.4, -0.2) is 65.2 Å². The summed E-state index contributed by atoms with van der Waals surface area (Å²) in [4.78, 5) is 38.9. The molecule has 1 saturated heterocycles. The molecule has 0 bridgehead atoms. The molecule has 3 heterocycles. The number of likely N-dealkylation sites (N-methyl/N-ethyl adjacent to an activating group) is 1. The highest BCUT2D eigenvalue weighted by atomic mass is 35.5. The zero-order valence-corrected chi connectivity index (χ0v) is 18.9. The number of ether oxygens (including phenoxy) is 1. The Kier molecular flexibility index (Phi) is 6.40. The summed E-state index contributed by atoms with van der Waals surface area (Å²) in [5.41, 5.74) is 0.568. The van der Waals surface area contributed by atoms with Gasteiger partial charge in [0.2, 0.25) is 5.91 Å². The molecule has 1 amide bonds. The quantitative estimate of drug-likeness (QED) is 0.600. The van der Waals surface area contributed by atoms with E-state index in [2.05, 4.69) is 32.0 Å². The van der Waals surface area contributed by atoms with Gasteiger partial charge in [-0.2, -0.15) is 4.98 Å². The van der Waals surface area contributed by atoms with Gasteiger partial charge in [0.15, 0.2) is 10.8 Å². The van der Waals surface area contributed by atoms with Gasteiger partial charge in [-0.1, -0.05) is 29.9 Å². The molecule has 0 spiro atoms. The Hall–Kier alpha value is -2.69. The van der Waals surface area contributed by atoms with Crippen molar-refractivity contribution in [2.24, 2.45) is 0 Å². The molecule has 4 rings (SSSR count). The number of carbonyl (C=O) groups excluding carboxylic acids is 1. The van der Waals surface area contributed by atoms with Crippen LogP contribution in [0, 0.1) is 0 Å². The molecule has 1 fully saturated rings. The smallest absolute Gasteiger partial charge is 0.273 e. The highest BCUT2D eigenvalue weighted by Crippen LogP contribution is 2.28. The van der Waals surface area contributed by atoms with Gasteiger partial charge >= 0.3 is 0 Å². The molecule has 2 aromatic heterocycles. The fourth-order valence-electron chi connectivity index (χ4n) is 3.46. The number of methoxy groups -OCH3 is 1. The number of rotatable bonds is 6. The lowest BCUT2D eigenvalue weighted by Gasteiger charge is -2.33. The average Bonchev–Trinajstić information content (AvgIpc) is 3.21. The number of nitrogens with one attached hydrogen (secondary N) is 1. The normalized spacial score (nSPS) is 14.7. The summed E-state index contributed by atoms with van der Waals surface area (Å²) < 4.78 is 6.97. The number of piperazine rings is 1. The summed E-state index contributed by atoms with van der Waals surface area (Å²) in [5, 5.41) is 3.99. The largest absolute Gasteiger partial charge is 0.495 e. The topological polar surface area (TPSA) is 92.6 Å². The number of anilines is 2. The molecule has 1 N–H and O–H groups in total. The van der Waals surface area contributed by atoms with Gasteiger partial charge in [-0.15, -0.1) is 0 Å². The SMILES string of the molecule is CCN1CCN(c2nc3ncn(CC(=O)Nc4cc(Cl)ccc4OC)c(=O)c3s2)CC1. The van der Waals surface area contributed by atoms with E-state index in [1.54, 1.807) is 18.2 Å². The first-order valence-corrected chi connectivity index (χ1v) is 11.1. The van der Waals surface area contributed by atoms with Gasteiger partial charge in [-0.05, 0) is 24.7 Å². The molecule has 31 heavy (non-hydrogen) atoms. The first-order chi connectivity index (χ1) is 15.0. The lowest BCUT2D eigenvalue weighted by atomic mass is 10.3. The van der Waals surface area contributed by atoms with Crippen LogP contribution in [0.4, 0.5) is 10.8 Å². The van der Waals surface area contributed by atoms with Crippen LogP contribution in [0.5, 0.6) is 5.75 Å². The predicted octanol–water partition coefficient (Wildman–Crippen LogP) is 2.30. The summed E-state index contributed by atoms with van der Waals surface area (Å²) in [7, 11) is 1.50. The van der Waals surface area contributed by atoms with Crippen LogP contribution in [0.3, 0.4) is 0 Å². The van der Waals surface area contributed by atoms with Gasteiger partial charge in [0.25, 0.3) is 5.56 Å². The minimum Gasteiger partial charge on any atom is -0.495 e. The Labute approximate surface area is 188 Å². The van der Waals surface area contributed by atoms with E-state index in [0.717, 1.165) is 37.9 Å². The Morgan fingerprint density at radius 2 is 2.06 bits per heavy atom. The Balaban J connectivity index is 1.51. The molecule has 9 nitrogen and oxygen atoms in total. The third-order valence-corrected chi connectivity index (χ3v) is 6.54. The number of aromatic nitrogens is 3. The first-order valence-electron chi connectivity index (χ1n) is 9.95. The Morgan fingerprint density at radius 1 is 1.29 bits per heavy atom. The molecule has 11 heteroatoms. The third-order valence-electron chi connectivity index (χ3n) is 5.21. The van der Waals surface area contributed by atoms with E-state index in [1.165, 1.54) is 29.3 Å². The van der Waals surface area contributed by atoms with Crippen molar-refractivity contribution < 1.29 is 9.53 Å². The van der Waals surface area contributed by atoms with Crippen LogP contribution in [0.1, 0.15) is 6.92 Å². The van der Waals surface area contributed by atoms with Gasteiger partial charge in [0.05, 0.1) is 12.8 Å². The first kappa shape index (κ1) is 21.5. The lowest BCUT2D eigenvalue weighted by Crippen LogP contribution is -2.46. The summed E-state index contributed by atoms with van der Waals surface area (Å²) in [5.74, 6) is 0.0955. The van der Waals surface area contributed by atoms with Gasteiger partial charge in [0, 0.05) is 31.2 Å². The monoisotopic (exact) mass is 462 g/mol. The highest BCUT2D eigenvalue weighted by Gasteiger charge is 2.21. The Bertz CT molecular complexity index is 1160. The minimum atomic E-state index is -0.385. The van der Waals surface area contributed by atoms with Crippen molar-refractivity contribution in [3.63, 3.8) is 0 Å². The van der Waals surface area contributed by atoms with Crippen molar-refractivity contribution in [1.29, 1.82) is 0 Å². The van der Waals surface area contributed by atoms with E-state index in [1.807, 2.05) is 0 Å². The zero-order valence-electron chi connectivity index (χ0n) is 17.3. The van der Waals surface area contributed by atoms with E-state index < -0.39 is 0 Å². The fourth-order valence-corrected chi connectivity index (χ4v) is 4.65. The van der Waals surface area contributed by atoms with E-state index in [9.17, 15) is 9.59 Å². The summed E-state index contributed by atoms with van der Waals surface area (Å²) >= 11 is 7.33. The molecule has 3 aromatic rings. The second-order valence-electron chi connectivity index (χ2n) is 7.14. The number of hydrogen-bond donors (Lipinski definition) is 1. The van der Waals surface area contributed by atoms with E-state index in [-0.39, 0.29) is 18.0 Å². The third kappa shape index (κ3) is 4.65. The van der Waals surface area contributed by atoms with Crippen LogP contribution < -0.4 is 20.5 Å². The molecule has 0 saturated carbocycles. The van der Waals surface area contributed by atoms with E-state index in [4.69, 9.17) is 16.3 Å². The van der Waals surface area contributed by atoms with Gasteiger partial charge in [-0.25, -0.2) is 4.98 Å².